The largest absolute Gasteiger partial charge is 0.490 e. The number of nitrogens with zero attached hydrogens (tertiary/aromatic N) is 7. The lowest BCUT2D eigenvalue weighted by Gasteiger charge is -2.29. The molecule has 1 amide bonds. The number of carboxylic acids is 1. The van der Waals surface area contributed by atoms with Crippen LogP contribution >= 0.6 is 11.6 Å². The molecule has 0 radical (unpaired) electrons. The van der Waals surface area contributed by atoms with Gasteiger partial charge in [-0.3, -0.25) is 9.59 Å². The number of piperidine rings is 2. The fraction of sp³-hybridized carbons (Fsp3) is 0.455. The number of carbonyl (C=O) groups is 3. The maximum atomic E-state index is 12.6. The number of ketones is 1. The molecule has 14 nitrogen and oxygen atoms in total. The molecule has 3 fully saturated rings. The number of rotatable bonds is 7. The van der Waals surface area contributed by atoms with Gasteiger partial charge in [0, 0.05) is 51.1 Å². The molecule has 2 saturated heterocycles. The highest BCUT2D eigenvalue weighted by atomic mass is 35.5. The number of hydrogen-bond donors (Lipinski definition) is 3. The SMILES string of the molecule is N#Cc1ccc(OC2CCC(NC(=O)c3ccc(N4CCC(=O)CC4)nn3)CC2)cc1Cl.O=C(O)c1ccc(N2CCC(O)CC2)nn1. The van der Waals surface area contributed by atoms with E-state index in [2.05, 4.69) is 25.7 Å². The number of benzene rings is 1. The second-order valence-electron chi connectivity index (χ2n) is 11.9. The summed E-state index contributed by atoms with van der Waals surface area (Å²) in [4.78, 5) is 38.5. The van der Waals surface area contributed by atoms with Crippen molar-refractivity contribution >= 4 is 40.9 Å². The Balaban J connectivity index is 0.000000236. The second-order valence-corrected chi connectivity index (χ2v) is 12.3. The van der Waals surface area contributed by atoms with Crippen molar-refractivity contribution in [1.82, 2.24) is 25.7 Å². The predicted octanol–water partition coefficient (Wildman–Crippen LogP) is 3.43. The topological polar surface area (TPSA) is 195 Å². The fourth-order valence-corrected chi connectivity index (χ4v) is 5.95. The number of amides is 1. The van der Waals surface area contributed by atoms with Crippen LogP contribution in [0.4, 0.5) is 11.6 Å². The smallest absolute Gasteiger partial charge is 0.356 e. The molecule has 15 heteroatoms. The molecule has 252 valence electrons. The monoisotopic (exact) mass is 676 g/mol. The summed E-state index contributed by atoms with van der Waals surface area (Å²) in [6.07, 6.45) is 5.49. The number of hydrogen-bond acceptors (Lipinski definition) is 12. The van der Waals surface area contributed by atoms with E-state index in [0.717, 1.165) is 38.8 Å². The van der Waals surface area contributed by atoms with Crippen LogP contribution in [0, 0.1) is 11.3 Å². The number of aliphatic hydroxyl groups is 1. The van der Waals surface area contributed by atoms with Crippen molar-refractivity contribution in [3.8, 4) is 11.8 Å². The van der Waals surface area contributed by atoms with Crippen LogP contribution in [0.1, 0.15) is 77.9 Å². The van der Waals surface area contributed by atoms with Gasteiger partial charge in [-0.1, -0.05) is 11.6 Å². The zero-order chi connectivity index (χ0) is 34.0. The summed E-state index contributed by atoms with van der Waals surface area (Å²) >= 11 is 6.07. The number of ether oxygens (including phenoxy) is 1. The number of nitriles is 1. The first-order valence-corrected chi connectivity index (χ1v) is 16.3. The number of carboxylic acid groups (broad SMARTS) is 1. The Morgan fingerprint density at radius 3 is 2.00 bits per heavy atom. The normalized spacial score (nSPS) is 19.8. The summed E-state index contributed by atoms with van der Waals surface area (Å²) in [5, 5.41) is 46.1. The Bertz CT molecular complexity index is 1610. The van der Waals surface area contributed by atoms with E-state index in [0.29, 0.717) is 66.7 Å². The highest BCUT2D eigenvalue weighted by Gasteiger charge is 2.25. The summed E-state index contributed by atoms with van der Waals surface area (Å²) < 4.78 is 6.00. The van der Waals surface area contributed by atoms with E-state index >= 15 is 0 Å². The zero-order valence-electron chi connectivity index (χ0n) is 26.3. The standard InChI is InChI=1S/C23H24ClN5O3.C10H13N3O3/c24-20-13-19(4-1-15(20)14-25)32-18-5-2-16(3-6-18)26-23(31)21-7-8-22(28-27-21)29-11-9-17(30)10-12-29;14-7-3-5-13(6-4-7)9-2-1-8(10(15)16)11-12-9/h1,4,7-8,13,16,18H,2-3,5-6,9-12H2,(H,26,31);1-2,7,14H,3-6H2,(H,15,16). The molecule has 1 saturated carbocycles. The molecule has 0 bridgehead atoms. The average molecular weight is 677 g/mol. The van der Waals surface area contributed by atoms with Crippen molar-refractivity contribution in [3.63, 3.8) is 0 Å². The van der Waals surface area contributed by atoms with Gasteiger partial charge in [-0.2, -0.15) is 5.26 Å². The molecule has 48 heavy (non-hydrogen) atoms. The molecule has 2 aromatic heterocycles. The molecular weight excluding hydrogens is 640 g/mol. The van der Waals surface area contributed by atoms with Crippen LogP contribution in [0.5, 0.6) is 5.75 Å². The van der Waals surface area contributed by atoms with Crippen molar-refractivity contribution in [3.05, 3.63) is 64.4 Å². The van der Waals surface area contributed by atoms with Gasteiger partial charge in [0.15, 0.2) is 23.0 Å². The van der Waals surface area contributed by atoms with Crippen molar-refractivity contribution in [2.75, 3.05) is 36.0 Å². The van der Waals surface area contributed by atoms with E-state index in [9.17, 15) is 19.5 Å². The molecule has 1 aromatic carbocycles. The lowest BCUT2D eigenvalue weighted by molar-refractivity contribution is -0.119. The van der Waals surface area contributed by atoms with Crippen LogP contribution in [0.25, 0.3) is 0 Å². The van der Waals surface area contributed by atoms with Gasteiger partial charge in [0.2, 0.25) is 0 Å². The van der Waals surface area contributed by atoms with E-state index in [1.54, 1.807) is 36.4 Å². The maximum absolute atomic E-state index is 12.6. The molecule has 0 spiro atoms. The van der Waals surface area contributed by atoms with Crippen molar-refractivity contribution in [2.24, 2.45) is 0 Å². The third-order valence-corrected chi connectivity index (χ3v) is 8.87. The molecule has 2 aliphatic heterocycles. The molecule has 3 aliphatic rings. The average Bonchev–Trinajstić information content (AvgIpc) is 3.10. The van der Waals surface area contributed by atoms with Crippen LogP contribution in [0.3, 0.4) is 0 Å². The van der Waals surface area contributed by atoms with Crippen LogP contribution in [-0.2, 0) is 4.79 Å². The minimum absolute atomic E-state index is 0.0441. The molecule has 1 aliphatic carbocycles. The zero-order valence-corrected chi connectivity index (χ0v) is 27.1. The number of aromatic nitrogens is 4. The third kappa shape index (κ3) is 9.36. The number of anilines is 2. The highest BCUT2D eigenvalue weighted by molar-refractivity contribution is 6.31. The van der Waals surface area contributed by atoms with Gasteiger partial charge in [0.25, 0.3) is 5.91 Å². The van der Waals surface area contributed by atoms with Crippen LogP contribution in [-0.4, -0.2) is 92.7 Å². The molecule has 3 aromatic rings. The molecule has 4 heterocycles. The van der Waals surface area contributed by atoms with E-state index in [-0.39, 0.29) is 41.3 Å². The van der Waals surface area contributed by atoms with Gasteiger partial charge in [-0.05, 0) is 74.9 Å². The number of aromatic carboxylic acids is 1. The Labute approximate surface area is 282 Å². The number of aliphatic hydroxyl groups excluding tert-OH is 1. The van der Waals surface area contributed by atoms with Gasteiger partial charge in [-0.25, -0.2) is 4.79 Å². The minimum Gasteiger partial charge on any atom is -0.490 e. The Hall–Kier alpha value is -4.87. The fourth-order valence-electron chi connectivity index (χ4n) is 5.74. The minimum atomic E-state index is -1.08. The van der Waals surface area contributed by atoms with Crippen LogP contribution in [0.15, 0.2) is 42.5 Å². The summed E-state index contributed by atoms with van der Waals surface area (Å²) in [5.41, 5.74) is 0.654. The Morgan fingerprint density at radius 1 is 0.854 bits per heavy atom. The van der Waals surface area contributed by atoms with Gasteiger partial charge < -0.3 is 30.1 Å². The van der Waals surface area contributed by atoms with Crippen molar-refractivity contribution < 1.29 is 29.3 Å². The Kier molecular flexibility index (Phi) is 11.7. The van der Waals surface area contributed by atoms with Crippen molar-refractivity contribution in [1.29, 1.82) is 5.26 Å². The quantitative estimate of drug-likeness (QED) is 0.330. The first-order chi connectivity index (χ1) is 23.2. The number of Topliss-reactive ketones (excluding diaryl/α,β-unsaturated/α-hetero) is 1. The maximum Gasteiger partial charge on any atom is 0.356 e. The number of halogens is 1. The van der Waals surface area contributed by atoms with Gasteiger partial charge in [-0.15, -0.1) is 20.4 Å². The summed E-state index contributed by atoms with van der Waals surface area (Å²) in [6, 6.07) is 13.7. The second kappa shape index (κ2) is 16.3. The Morgan fingerprint density at radius 2 is 1.46 bits per heavy atom. The number of carbonyl (C=O) groups excluding carboxylic acids is 2. The molecule has 3 N–H and O–H groups in total. The van der Waals surface area contributed by atoms with Crippen LogP contribution in [0.2, 0.25) is 5.02 Å². The van der Waals surface area contributed by atoms with Crippen molar-refractivity contribution in [2.45, 2.75) is 69.6 Å². The molecule has 0 unspecified atom stereocenters. The van der Waals surface area contributed by atoms with E-state index in [1.165, 1.54) is 6.07 Å². The molecule has 0 atom stereocenters. The summed E-state index contributed by atoms with van der Waals surface area (Å²) in [7, 11) is 0. The van der Waals surface area contributed by atoms with Gasteiger partial charge >= 0.3 is 5.97 Å². The van der Waals surface area contributed by atoms with Gasteiger partial charge in [0.1, 0.15) is 17.6 Å². The first-order valence-electron chi connectivity index (χ1n) is 16.0. The van der Waals surface area contributed by atoms with E-state index < -0.39 is 5.97 Å². The summed E-state index contributed by atoms with van der Waals surface area (Å²) in [6.45, 7) is 2.72. The molecule has 6 rings (SSSR count). The lowest BCUT2D eigenvalue weighted by atomic mass is 9.93. The summed E-state index contributed by atoms with van der Waals surface area (Å²) in [5.74, 6) is 0.960. The number of nitrogens with one attached hydrogen (secondary N) is 1. The third-order valence-electron chi connectivity index (χ3n) is 8.56. The molecular formula is C33H37ClN8O6. The highest BCUT2D eigenvalue weighted by Crippen LogP contribution is 2.27. The van der Waals surface area contributed by atoms with Crippen LogP contribution < -0.4 is 19.9 Å². The van der Waals surface area contributed by atoms with E-state index in [4.69, 9.17) is 26.7 Å². The van der Waals surface area contributed by atoms with E-state index in [1.807, 2.05) is 15.9 Å². The van der Waals surface area contributed by atoms with Gasteiger partial charge in [0.05, 0.1) is 22.8 Å². The lowest BCUT2D eigenvalue weighted by Crippen LogP contribution is -2.40. The first kappa shape index (κ1) is 34.5. The predicted molar refractivity (Wildman–Crippen MR) is 175 cm³/mol.